The maximum atomic E-state index is 13.9. The lowest BCUT2D eigenvalue weighted by atomic mass is 10.2. The van der Waals surface area contributed by atoms with E-state index >= 15 is 0 Å². The van der Waals surface area contributed by atoms with Crippen molar-refractivity contribution < 1.29 is 9.18 Å². The molecule has 0 saturated heterocycles. The van der Waals surface area contributed by atoms with Crippen LogP contribution in [-0.4, -0.2) is 46.1 Å². The monoisotopic (exact) mass is 400 g/mol. The molecule has 0 aliphatic carbocycles. The predicted molar refractivity (Wildman–Crippen MR) is 108 cm³/mol. The third kappa shape index (κ3) is 4.97. The number of halogens is 2. The lowest BCUT2D eigenvalue weighted by Crippen LogP contribution is -2.36. The van der Waals surface area contributed by atoms with Crippen molar-refractivity contribution in [2.24, 2.45) is 0 Å². The summed E-state index contributed by atoms with van der Waals surface area (Å²) in [6, 6.07) is 14.4. The Morgan fingerprint density at radius 3 is 2.57 bits per heavy atom. The molecule has 7 heteroatoms. The molecule has 0 aliphatic heterocycles. The summed E-state index contributed by atoms with van der Waals surface area (Å²) in [5, 5.41) is 4.71. The van der Waals surface area contributed by atoms with Crippen LogP contribution in [-0.2, 0) is 17.9 Å². The Morgan fingerprint density at radius 2 is 1.86 bits per heavy atom. The average molecular weight is 401 g/mol. The Labute approximate surface area is 168 Å². The molecule has 0 aliphatic rings. The van der Waals surface area contributed by atoms with E-state index in [0.29, 0.717) is 17.1 Å². The van der Waals surface area contributed by atoms with E-state index in [1.54, 1.807) is 46.9 Å². The van der Waals surface area contributed by atoms with Gasteiger partial charge in [-0.05, 0) is 31.3 Å². The number of hydrogen-bond acceptors (Lipinski definition) is 3. The Hall–Kier alpha value is -2.70. The second-order valence-corrected chi connectivity index (χ2v) is 7.16. The molecular weight excluding hydrogens is 379 g/mol. The van der Waals surface area contributed by atoms with Gasteiger partial charge in [-0.25, -0.2) is 9.07 Å². The first-order chi connectivity index (χ1) is 13.4. The van der Waals surface area contributed by atoms with E-state index in [1.165, 1.54) is 6.07 Å². The summed E-state index contributed by atoms with van der Waals surface area (Å²) < 4.78 is 15.7. The molecule has 3 aromatic rings. The van der Waals surface area contributed by atoms with Gasteiger partial charge in [-0.15, -0.1) is 0 Å². The second kappa shape index (κ2) is 8.99. The first-order valence-corrected chi connectivity index (χ1v) is 9.26. The minimum atomic E-state index is -0.367. The summed E-state index contributed by atoms with van der Waals surface area (Å²) in [7, 11) is 3.51. The van der Waals surface area contributed by atoms with Crippen LogP contribution in [0.15, 0.2) is 60.9 Å². The highest BCUT2D eigenvalue weighted by Crippen LogP contribution is 2.20. The highest BCUT2D eigenvalue weighted by molar-refractivity contribution is 6.31. The summed E-state index contributed by atoms with van der Waals surface area (Å²) in [5.74, 6) is -0.434. The quantitative estimate of drug-likeness (QED) is 0.606. The standard InChI is InChI=1S/C21H22ClFN4O/c1-25(14-18-19(22)9-6-10-20(18)23)15-21(28)26(2)12-16-11-24-27(13-16)17-7-4-3-5-8-17/h3-11,13H,12,14-15H2,1-2H3. The molecule has 3 rings (SSSR count). The number of nitrogens with zero attached hydrogens (tertiary/aromatic N) is 4. The van der Waals surface area contributed by atoms with Gasteiger partial charge in [0.2, 0.25) is 5.91 Å². The van der Waals surface area contributed by atoms with Gasteiger partial charge in [-0.2, -0.15) is 5.10 Å². The van der Waals surface area contributed by atoms with Crippen LogP contribution in [0.25, 0.3) is 5.69 Å². The van der Waals surface area contributed by atoms with Crippen molar-refractivity contribution in [2.45, 2.75) is 13.1 Å². The van der Waals surface area contributed by atoms with Crippen LogP contribution >= 0.6 is 11.6 Å². The molecule has 0 atom stereocenters. The number of para-hydroxylation sites is 1. The Bertz CT molecular complexity index is 924. The molecule has 1 amide bonds. The Morgan fingerprint density at radius 1 is 1.11 bits per heavy atom. The van der Waals surface area contributed by atoms with E-state index in [1.807, 2.05) is 36.5 Å². The van der Waals surface area contributed by atoms with Crippen molar-refractivity contribution in [3.05, 3.63) is 82.9 Å². The average Bonchev–Trinajstić information content (AvgIpc) is 3.14. The van der Waals surface area contributed by atoms with Crippen LogP contribution in [0, 0.1) is 5.82 Å². The van der Waals surface area contributed by atoms with Crippen molar-refractivity contribution in [1.29, 1.82) is 0 Å². The van der Waals surface area contributed by atoms with Gasteiger partial charge in [-0.3, -0.25) is 9.69 Å². The first kappa shape index (κ1) is 20.0. The fourth-order valence-electron chi connectivity index (χ4n) is 2.89. The third-order valence-corrected chi connectivity index (χ3v) is 4.75. The van der Waals surface area contributed by atoms with Crippen LogP contribution in [0.5, 0.6) is 0 Å². The minimum Gasteiger partial charge on any atom is -0.340 e. The molecule has 0 bridgehead atoms. The van der Waals surface area contributed by atoms with E-state index in [-0.39, 0.29) is 24.8 Å². The molecule has 0 spiro atoms. The van der Waals surface area contributed by atoms with Crippen molar-refractivity contribution in [2.75, 3.05) is 20.6 Å². The zero-order chi connectivity index (χ0) is 20.1. The molecule has 5 nitrogen and oxygen atoms in total. The third-order valence-electron chi connectivity index (χ3n) is 4.40. The lowest BCUT2D eigenvalue weighted by Gasteiger charge is -2.22. The van der Waals surface area contributed by atoms with Crippen molar-refractivity contribution in [3.8, 4) is 5.69 Å². The molecule has 0 radical (unpaired) electrons. The van der Waals surface area contributed by atoms with Gasteiger partial charge in [-0.1, -0.05) is 35.9 Å². The molecule has 2 aromatic carbocycles. The van der Waals surface area contributed by atoms with Crippen molar-refractivity contribution in [1.82, 2.24) is 19.6 Å². The fourth-order valence-corrected chi connectivity index (χ4v) is 3.11. The smallest absolute Gasteiger partial charge is 0.236 e. The van der Waals surface area contributed by atoms with Crippen LogP contribution < -0.4 is 0 Å². The number of carbonyl (C=O) groups excluding carboxylic acids is 1. The summed E-state index contributed by atoms with van der Waals surface area (Å²) >= 11 is 6.06. The van der Waals surface area contributed by atoms with Gasteiger partial charge < -0.3 is 4.90 Å². The van der Waals surface area contributed by atoms with Crippen LogP contribution in [0.1, 0.15) is 11.1 Å². The molecule has 0 unspecified atom stereocenters. The zero-order valence-electron chi connectivity index (χ0n) is 15.8. The van der Waals surface area contributed by atoms with Crippen molar-refractivity contribution >= 4 is 17.5 Å². The second-order valence-electron chi connectivity index (χ2n) is 6.75. The molecular formula is C21H22ClFN4O. The zero-order valence-corrected chi connectivity index (χ0v) is 16.6. The van der Waals surface area contributed by atoms with Gasteiger partial charge in [0.15, 0.2) is 0 Å². The summed E-state index contributed by atoms with van der Waals surface area (Å²) in [6.07, 6.45) is 3.65. The number of likely N-dealkylation sites (N-methyl/N-ethyl adjacent to an activating group) is 2. The number of benzene rings is 2. The van der Waals surface area contributed by atoms with E-state index in [9.17, 15) is 9.18 Å². The number of carbonyl (C=O) groups is 1. The molecule has 0 N–H and O–H groups in total. The molecule has 0 fully saturated rings. The maximum absolute atomic E-state index is 13.9. The summed E-state index contributed by atoms with van der Waals surface area (Å²) in [5.41, 5.74) is 2.29. The van der Waals surface area contributed by atoms with Gasteiger partial charge in [0, 0.05) is 42.5 Å². The number of aromatic nitrogens is 2. The van der Waals surface area contributed by atoms with Crippen LogP contribution in [0.4, 0.5) is 4.39 Å². The number of rotatable bonds is 7. The van der Waals surface area contributed by atoms with E-state index in [4.69, 9.17) is 11.6 Å². The Balaban J connectivity index is 1.57. The van der Waals surface area contributed by atoms with Crippen LogP contribution in [0.3, 0.4) is 0 Å². The van der Waals surface area contributed by atoms with Crippen molar-refractivity contribution in [3.63, 3.8) is 0 Å². The van der Waals surface area contributed by atoms with Gasteiger partial charge in [0.05, 0.1) is 18.4 Å². The first-order valence-electron chi connectivity index (χ1n) is 8.88. The van der Waals surface area contributed by atoms with E-state index < -0.39 is 0 Å². The highest BCUT2D eigenvalue weighted by atomic mass is 35.5. The molecule has 1 heterocycles. The normalized spacial score (nSPS) is 11.0. The number of hydrogen-bond donors (Lipinski definition) is 0. The van der Waals surface area contributed by atoms with Gasteiger partial charge in [0.25, 0.3) is 0 Å². The molecule has 28 heavy (non-hydrogen) atoms. The predicted octanol–water partition coefficient (Wildman–Crippen LogP) is 3.76. The molecule has 146 valence electrons. The SMILES string of the molecule is CN(CC(=O)N(C)Cc1cnn(-c2ccccc2)c1)Cc1c(F)cccc1Cl. The minimum absolute atomic E-state index is 0.0672. The molecule has 0 saturated carbocycles. The van der Waals surface area contributed by atoms with Crippen LogP contribution in [0.2, 0.25) is 5.02 Å². The topological polar surface area (TPSA) is 41.4 Å². The summed E-state index contributed by atoms with van der Waals surface area (Å²) in [6.45, 7) is 0.866. The van der Waals surface area contributed by atoms with Gasteiger partial charge in [0.1, 0.15) is 5.82 Å². The fraction of sp³-hybridized carbons (Fsp3) is 0.238. The van der Waals surface area contributed by atoms with E-state index in [2.05, 4.69) is 5.10 Å². The number of amides is 1. The molecule has 1 aromatic heterocycles. The largest absolute Gasteiger partial charge is 0.340 e. The highest BCUT2D eigenvalue weighted by Gasteiger charge is 2.16. The van der Waals surface area contributed by atoms with E-state index in [0.717, 1.165) is 11.3 Å². The lowest BCUT2D eigenvalue weighted by molar-refractivity contribution is -0.131. The summed E-state index contributed by atoms with van der Waals surface area (Å²) in [4.78, 5) is 15.9. The Kier molecular flexibility index (Phi) is 6.44. The van der Waals surface area contributed by atoms with Gasteiger partial charge >= 0.3 is 0 Å². The maximum Gasteiger partial charge on any atom is 0.236 e.